The van der Waals surface area contributed by atoms with Crippen molar-refractivity contribution in [3.8, 4) is 0 Å². The van der Waals surface area contributed by atoms with Crippen molar-refractivity contribution < 1.29 is 4.21 Å². The van der Waals surface area contributed by atoms with Gasteiger partial charge >= 0.3 is 0 Å². The molecule has 2 nitrogen and oxygen atoms in total. The highest BCUT2D eigenvalue weighted by molar-refractivity contribution is 9.10. The Kier molecular flexibility index (Phi) is 3.29. The molecular formula is C8H10BrNOS. The van der Waals surface area contributed by atoms with Crippen LogP contribution in [-0.2, 0) is 11.0 Å². The van der Waals surface area contributed by atoms with Crippen LogP contribution in [0.5, 0.6) is 0 Å². The number of halogens is 1. The summed E-state index contributed by atoms with van der Waals surface area (Å²) in [6.45, 7) is 1.97. The predicted octanol–water partition coefficient (Wildman–Crippen LogP) is 2.46. The first-order valence-electron chi connectivity index (χ1n) is 3.46. The maximum absolute atomic E-state index is 10.9. The van der Waals surface area contributed by atoms with Crippen LogP contribution in [0.15, 0.2) is 22.7 Å². The molecule has 0 amide bonds. The summed E-state index contributed by atoms with van der Waals surface area (Å²) in [5.74, 6) is 0. The van der Waals surface area contributed by atoms with Crippen molar-refractivity contribution in [3.05, 3.63) is 28.2 Å². The second-order valence-electron chi connectivity index (χ2n) is 2.52. The van der Waals surface area contributed by atoms with Gasteiger partial charge in [0.1, 0.15) is 11.0 Å². The Labute approximate surface area is 83.1 Å². The average Bonchev–Trinajstić information content (AvgIpc) is 1.96. The van der Waals surface area contributed by atoms with Crippen molar-refractivity contribution in [1.29, 1.82) is 0 Å². The molecule has 0 aromatic heterocycles. The number of benzene rings is 1. The minimum absolute atomic E-state index is 0.908. The van der Waals surface area contributed by atoms with Gasteiger partial charge in [0.2, 0.25) is 0 Å². The second-order valence-corrected chi connectivity index (χ2v) is 4.54. The first-order valence-corrected chi connectivity index (χ1v) is 5.81. The molecule has 1 aromatic rings. The fraction of sp³-hybridized carbons (Fsp3) is 0.250. The Hall–Kier alpha value is -0.350. The third-order valence-electron chi connectivity index (χ3n) is 1.45. The molecular weight excluding hydrogens is 238 g/mol. The minimum atomic E-state index is -1.01. The van der Waals surface area contributed by atoms with Gasteiger partial charge in [0.05, 0.1) is 5.69 Å². The third kappa shape index (κ3) is 2.60. The number of hydrogen-bond donors (Lipinski definition) is 1. The van der Waals surface area contributed by atoms with Crippen LogP contribution in [-0.4, -0.2) is 10.5 Å². The zero-order valence-electron chi connectivity index (χ0n) is 6.93. The quantitative estimate of drug-likeness (QED) is 0.855. The Morgan fingerprint density at radius 2 is 2.17 bits per heavy atom. The Balaban J connectivity index is 2.97. The number of anilines is 1. The smallest absolute Gasteiger partial charge is 0.113 e. The number of hydrogen-bond acceptors (Lipinski definition) is 1. The van der Waals surface area contributed by atoms with Gasteiger partial charge in [-0.1, -0.05) is 22.0 Å². The minimum Gasteiger partial charge on any atom is -0.305 e. The first-order chi connectivity index (χ1) is 5.59. The summed E-state index contributed by atoms with van der Waals surface area (Å²) in [5, 5.41) is 0. The van der Waals surface area contributed by atoms with Crippen LogP contribution in [0.2, 0.25) is 0 Å². The van der Waals surface area contributed by atoms with Crippen LogP contribution >= 0.6 is 15.9 Å². The monoisotopic (exact) mass is 247 g/mol. The van der Waals surface area contributed by atoms with E-state index in [4.69, 9.17) is 0 Å². The van der Waals surface area contributed by atoms with Crippen LogP contribution in [0.1, 0.15) is 5.56 Å². The molecule has 12 heavy (non-hydrogen) atoms. The molecule has 0 aliphatic rings. The molecule has 0 saturated carbocycles. The van der Waals surface area contributed by atoms with Crippen molar-refractivity contribution in [2.75, 3.05) is 11.0 Å². The van der Waals surface area contributed by atoms with Gasteiger partial charge in [-0.3, -0.25) is 0 Å². The summed E-state index contributed by atoms with van der Waals surface area (Å²) in [6.07, 6.45) is 1.61. The molecule has 1 unspecified atom stereocenters. The van der Waals surface area contributed by atoms with Crippen molar-refractivity contribution in [2.24, 2.45) is 0 Å². The van der Waals surface area contributed by atoms with E-state index in [1.54, 1.807) is 6.26 Å². The molecule has 0 aliphatic heterocycles. The van der Waals surface area contributed by atoms with Crippen LogP contribution in [0, 0.1) is 6.92 Å². The zero-order valence-corrected chi connectivity index (χ0v) is 9.33. The summed E-state index contributed by atoms with van der Waals surface area (Å²) in [5.41, 5.74) is 2.00. The van der Waals surface area contributed by atoms with E-state index in [0.29, 0.717) is 0 Å². The molecule has 0 fully saturated rings. The lowest BCUT2D eigenvalue weighted by Crippen LogP contribution is -2.02. The summed E-state index contributed by atoms with van der Waals surface area (Å²) < 4.78 is 14.7. The molecule has 66 valence electrons. The molecule has 0 radical (unpaired) electrons. The zero-order chi connectivity index (χ0) is 9.14. The highest BCUT2D eigenvalue weighted by Crippen LogP contribution is 2.20. The molecule has 1 rings (SSSR count). The van der Waals surface area contributed by atoms with E-state index in [9.17, 15) is 4.21 Å². The Morgan fingerprint density at radius 1 is 1.50 bits per heavy atom. The van der Waals surface area contributed by atoms with Gasteiger partial charge in [0, 0.05) is 10.7 Å². The van der Waals surface area contributed by atoms with Crippen LogP contribution < -0.4 is 4.72 Å². The standard InChI is InChI=1S/C8H10BrNOS/c1-6-3-4-7(9)5-8(6)10-12(2)11/h3-5,10H,1-2H3. The third-order valence-corrected chi connectivity index (χ3v) is 2.45. The summed E-state index contributed by atoms with van der Waals surface area (Å²) in [7, 11) is -1.01. The second kappa shape index (κ2) is 4.05. The van der Waals surface area contributed by atoms with E-state index in [0.717, 1.165) is 15.7 Å². The number of nitrogens with one attached hydrogen (secondary N) is 1. The van der Waals surface area contributed by atoms with Crippen molar-refractivity contribution in [3.63, 3.8) is 0 Å². The van der Waals surface area contributed by atoms with Gasteiger partial charge in [-0.25, -0.2) is 4.21 Å². The average molecular weight is 248 g/mol. The lowest BCUT2D eigenvalue weighted by molar-refractivity contribution is 0.690. The van der Waals surface area contributed by atoms with E-state index in [1.807, 2.05) is 25.1 Å². The van der Waals surface area contributed by atoms with Crippen molar-refractivity contribution in [1.82, 2.24) is 0 Å². The Bertz CT molecular complexity index is 314. The molecule has 0 bridgehead atoms. The predicted molar refractivity (Wildman–Crippen MR) is 56.6 cm³/mol. The largest absolute Gasteiger partial charge is 0.305 e. The number of rotatable bonds is 2. The summed E-state index contributed by atoms with van der Waals surface area (Å²) in [4.78, 5) is 0. The Morgan fingerprint density at radius 3 is 2.75 bits per heavy atom. The van der Waals surface area contributed by atoms with Gasteiger partial charge in [-0.15, -0.1) is 0 Å². The summed E-state index contributed by atoms with van der Waals surface area (Å²) in [6, 6.07) is 5.84. The molecule has 0 saturated heterocycles. The molecule has 1 atom stereocenters. The van der Waals surface area contributed by atoms with Crippen LogP contribution in [0.4, 0.5) is 5.69 Å². The van der Waals surface area contributed by atoms with Crippen LogP contribution in [0.25, 0.3) is 0 Å². The maximum Gasteiger partial charge on any atom is 0.113 e. The molecule has 1 N–H and O–H groups in total. The first kappa shape index (κ1) is 9.74. The topological polar surface area (TPSA) is 29.1 Å². The molecule has 0 spiro atoms. The molecule has 0 aliphatic carbocycles. The van der Waals surface area contributed by atoms with E-state index in [2.05, 4.69) is 20.7 Å². The summed E-state index contributed by atoms with van der Waals surface area (Å²) >= 11 is 3.35. The molecule has 0 heterocycles. The molecule has 4 heteroatoms. The van der Waals surface area contributed by atoms with Gasteiger partial charge in [-0.2, -0.15) is 0 Å². The van der Waals surface area contributed by atoms with E-state index < -0.39 is 11.0 Å². The maximum atomic E-state index is 10.9. The fourth-order valence-corrected chi connectivity index (χ4v) is 1.75. The highest BCUT2D eigenvalue weighted by Gasteiger charge is 1.98. The lowest BCUT2D eigenvalue weighted by Gasteiger charge is -2.06. The SMILES string of the molecule is Cc1ccc(Br)cc1NS(C)=O. The van der Waals surface area contributed by atoms with Crippen LogP contribution in [0.3, 0.4) is 0 Å². The van der Waals surface area contributed by atoms with Crippen molar-refractivity contribution in [2.45, 2.75) is 6.92 Å². The van der Waals surface area contributed by atoms with Gasteiger partial charge < -0.3 is 4.72 Å². The molecule has 1 aromatic carbocycles. The normalized spacial score (nSPS) is 12.6. The lowest BCUT2D eigenvalue weighted by atomic mass is 10.2. The van der Waals surface area contributed by atoms with Gasteiger partial charge in [0.15, 0.2) is 0 Å². The number of aryl methyl sites for hydroxylation is 1. The van der Waals surface area contributed by atoms with Crippen molar-refractivity contribution >= 4 is 32.6 Å². The highest BCUT2D eigenvalue weighted by atomic mass is 79.9. The van der Waals surface area contributed by atoms with E-state index in [-0.39, 0.29) is 0 Å². The van der Waals surface area contributed by atoms with Gasteiger partial charge in [0.25, 0.3) is 0 Å². The fourth-order valence-electron chi connectivity index (χ4n) is 0.859. The van der Waals surface area contributed by atoms with Gasteiger partial charge in [-0.05, 0) is 24.6 Å². The van der Waals surface area contributed by atoms with E-state index >= 15 is 0 Å². The van der Waals surface area contributed by atoms with E-state index in [1.165, 1.54) is 0 Å².